The number of rotatable bonds is 5. The van der Waals surface area contributed by atoms with E-state index in [-0.39, 0.29) is 11.4 Å². The number of hydrogen-bond acceptors (Lipinski definition) is 4. The molecule has 7 heteroatoms. The lowest BCUT2D eigenvalue weighted by atomic mass is 10.1. The number of nitrogens with one attached hydrogen (secondary N) is 1. The third-order valence-electron chi connectivity index (χ3n) is 4.03. The zero-order valence-electron chi connectivity index (χ0n) is 14.5. The number of benzene rings is 1. The van der Waals surface area contributed by atoms with Crippen molar-refractivity contribution in [3.05, 3.63) is 70.0 Å². The lowest BCUT2D eigenvalue weighted by molar-refractivity contribution is 0.102. The molecule has 1 amide bonds. The van der Waals surface area contributed by atoms with Gasteiger partial charge in [-0.25, -0.2) is 4.39 Å². The van der Waals surface area contributed by atoms with Gasteiger partial charge in [-0.3, -0.25) is 14.6 Å². The fourth-order valence-electron chi connectivity index (χ4n) is 2.63. The average Bonchev–Trinajstić information content (AvgIpc) is 2.62. The molecule has 0 radical (unpaired) electrons. The third-order valence-corrected chi connectivity index (χ3v) is 4.03. The van der Waals surface area contributed by atoms with Crippen LogP contribution >= 0.6 is 0 Å². The summed E-state index contributed by atoms with van der Waals surface area (Å²) in [4.78, 5) is 29.5. The van der Waals surface area contributed by atoms with Gasteiger partial charge in [-0.15, -0.1) is 0 Å². The molecule has 0 atom stereocenters. The van der Waals surface area contributed by atoms with Crippen LogP contribution < -0.4 is 10.9 Å². The van der Waals surface area contributed by atoms with Gasteiger partial charge < -0.3 is 14.6 Å². The summed E-state index contributed by atoms with van der Waals surface area (Å²) in [7, 11) is 1.56. The smallest absolute Gasteiger partial charge is 0.260 e. The molecule has 3 rings (SSSR count). The van der Waals surface area contributed by atoms with Crippen LogP contribution in [0.3, 0.4) is 0 Å². The minimum atomic E-state index is -0.407. The van der Waals surface area contributed by atoms with Gasteiger partial charge in [0.15, 0.2) is 0 Å². The molecule has 2 aromatic heterocycles. The van der Waals surface area contributed by atoms with Crippen LogP contribution in [0.1, 0.15) is 16.1 Å². The fourth-order valence-corrected chi connectivity index (χ4v) is 2.63. The van der Waals surface area contributed by atoms with Gasteiger partial charge in [0.05, 0.1) is 28.8 Å². The first-order chi connectivity index (χ1) is 12.5. The monoisotopic (exact) mass is 355 g/mol. The molecule has 0 fully saturated rings. The molecule has 0 aliphatic carbocycles. The second kappa shape index (κ2) is 7.45. The summed E-state index contributed by atoms with van der Waals surface area (Å²) in [6, 6.07) is 8.73. The minimum Gasteiger partial charge on any atom is -0.383 e. The van der Waals surface area contributed by atoms with Crippen molar-refractivity contribution in [3.63, 3.8) is 0 Å². The first-order valence-electron chi connectivity index (χ1n) is 8.06. The zero-order chi connectivity index (χ0) is 18.7. The second-order valence-electron chi connectivity index (χ2n) is 5.82. The Balaban J connectivity index is 1.98. The number of carbonyl (C=O) groups is 1. The van der Waals surface area contributed by atoms with Crippen molar-refractivity contribution in [3.8, 4) is 0 Å². The molecule has 0 bridgehead atoms. The van der Waals surface area contributed by atoms with E-state index in [1.165, 1.54) is 28.8 Å². The predicted octanol–water partition coefficient (Wildman–Crippen LogP) is 2.74. The van der Waals surface area contributed by atoms with Crippen molar-refractivity contribution in [2.75, 3.05) is 19.0 Å². The highest BCUT2D eigenvalue weighted by atomic mass is 19.1. The Morgan fingerprint density at radius 3 is 2.69 bits per heavy atom. The number of ether oxygens (including phenoxy) is 1. The molecule has 1 N–H and O–H groups in total. The van der Waals surface area contributed by atoms with Gasteiger partial charge in [0.25, 0.3) is 11.5 Å². The number of amides is 1. The molecule has 3 aromatic rings. The Morgan fingerprint density at radius 2 is 2.00 bits per heavy atom. The highest BCUT2D eigenvalue weighted by molar-refractivity contribution is 6.06. The van der Waals surface area contributed by atoms with Gasteiger partial charge >= 0.3 is 0 Å². The van der Waals surface area contributed by atoms with E-state index in [0.29, 0.717) is 41.0 Å². The van der Waals surface area contributed by atoms with Crippen LogP contribution in [0.2, 0.25) is 0 Å². The summed E-state index contributed by atoms with van der Waals surface area (Å²) < 4.78 is 19.5. The Hall–Kier alpha value is -3.06. The quantitative estimate of drug-likeness (QED) is 0.764. The number of fused-ring (bicyclic) bond motifs is 1. The van der Waals surface area contributed by atoms with Crippen molar-refractivity contribution in [2.24, 2.45) is 0 Å². The van der Waals surface area contributed by atoms with E-state index in [9.17, 15) is 14.0 Å². The van der Waals surface area contributed by atoms with Gasteiger partial charge in [-0.2, -0.15) is 0 Å². The lowest BCUT2D eigenvalue weighted by Crippen LogP contribution is -2.23. The Labute approximate surface area is 149 Å². The number of aryl methyl sites for hydroxylation is 1. The van der Waals surface area contributed by atoms with Crippen LogP contribution in [0.15, 0.2) is 47.4 Å². The van der Waals surface area contributed by atoms with E-state index < -0.39 is 5.91 Å². The van der Waals surface area contributed by atoms with Crippen molar-refractivity contribution in [1.29, 1.82) is 0 Å². The van der Waals surface area contributed by atoms with E-state index >= 15 is 0 Å². The summed E-state index contributed by atoms with van der Waals surface area (Å²) in [6.45, 7) is 2.52. The van der Waals surface area contributed by atoms with E-state index in [2.05, 4.69) is 10.3 Å². The van der Waals surface area contributed by atoms with Crippen LogP contribution in [0.4, 0.5) is 10.1 Å². The standard InChI is InChI=1S/C19H18FN3O3/c1-12-15(18(24)22-14-5-3-13(20)4-6-14)11-16-17(21-12)7-8-23(19(16)25)9-10-26-2/h3-8,11H,9-10H2,1-2H3,(H,22,24). The van der Waals surface area contributed by atoms with Crippen LogP contribution in [0.25, 0.3) is 10.9 Å². The number of anilines is 1. The summed E-state index contributed by atoms with van der Waals surface area (Å²) >= 11 is 0. The molecule has 0 aliphatic heterocycles. The maximum absolute atomic E-state index is 13.0. The largest absolute Gasteiger partial charge is 0.383 e. The SMILES string of the molecule is COCCn1ccc2nc(C)c(C(=O)Nc3ccc(F)cc3)cc2c1=O. The van der Waals surface area contributed by atoms with Crippen molar-refractivity contribution >= 4 is 22.5 Å². The number of nitrogens with zero attached hydrogens (tertiary/aromatic N) is 2. The van der Waals surface area contributed by atoms with Gasteiger partial charge in [0, 0.05) is 25.5 Å². The molecule has 0 spiro atoms. The molecule has 26 heavy (non-hydrogen) atoms. The normalized spacial score (nSPS) is 10.9. The molecule has 1 aromatic carbocycles. The van der Waals surface area contributed by atoms with Crippen LogP contribution in [0, 0.1) is 12.7 Å². The fraction of sp³-hybridized carbons (Fsp3) is 0.211. The van der Waals surface area contributed by atoms with E-state index in [0.717, 1.165) is 0 Å². The summed E-state index contributed by atoms with van der Waals surface area (Å²) in [5, 5.41) is 3.04. The molecule has 0 saturated heterocycles. The zero-order valence-corrected chi connectivity index (χ0v) is 14.5. The Kier molecular flexibility index (Phi) is 5.09. The number of halogens is 1. The third kappa shape index (κ3) is 3.62. The number of methoxy groups -OCH3 is 1. The van der Waals surface area contributed by atoms with Gasteiger partial charge in [0.2, 0.25) is 0 Å². The van der Waals surface area contributed by atoms with Gasteiger partial charge in [-0.1, -0.05) is 0 Å². The van der Waals surface area contributed by atoms with Crippen molar-refractivity contribution in [1.82, 2.24) is 9.55 Å². The summed E-state index contributed by atoms with van der Waals surface area (Å²) in [6.07, 6.45) is 1.66. The van der Waals surface area contributed by atoms with Gasteiger partial charge in [-0.05, 0) is 43.3 Å². The number of aromatic nitrogens is 2. The first-order valence-corrected chi connectivity index (χ1v) is 8.06. The van der Waals surface area contributed by atoms with Crippen molar-refractivity contribution in [2.45, 2.75) is 13.5 Å². The molecule has 6 nitrogen and oxygen atoms in total. The highest BCUT2D eigenvalue weighted by Gasteiger charge is 2.14. The molecule has 2 heterocycles. The molecule has 134 valence electrons. The molecule has 0 unspecified atom stereocenters. The number of carbonyl (C=O) groups excluding carboxylic acids is 1. The van der Waals surface area contributed by atoms with Crippen LogP contribution in [-0.4, -0.2) is 29.2 Å². The Bertz CT molecular complexity index is 1010. The lowest BCUT2D eigenvalue weighted by Gasteiger charge is -2.10. The van der Waals surface area contributed by atoms with Gasteiger partial charge in [0.1, 0.15) is 5.82 Å². The van der Waals surface area contributed by atoms with Crippen LogP contribution in [0.5, 0.6) is 0 Å². The minimum absolute atomic E-state index is 0.233. The molecule has 0 aliphatic rings. The average molecular weight is 355 g/mol. The topological polar surface area (TPSA) is 73.2 Å². The number of pyridine rings is 2. The maximum atomic E-state index is 13.0. The summed E-state index contributed by atoms with van der Waals surface area (Å²) in [5.74, 6) is -0.793. The number of hydrogen-bond donors (Lipinski definition) is 1. The first kappa shape index (κ1) is 17.8. The van der Waals surface area contributed by atoms with Crippen LogP contribution in [-0.2, 0) is 11.3 Å². The van der Waals surface area contributed by atoms with E-state index in [1.807, 2.05) is 0 Å². The molecular weight excluding hydrogens is 337 g/mol. The van der Waals surface area contributed by atoms with E-state index in [1.54, 1.807) is 32.4 Å². The summed E-state index contributed by atoms with van der Waals surface area (Å²) in [5.41, 5.74) is 1.55. The maximum Gasteiger partial charge on any atom is 0.260 e. The molecule has 0 saturated carbocycles. The highest BCUT2D eigenvalue weighted by Crippen LogP contribution is 2.16. The predicted molar refractivity (Wildman–Crippen MR) is 97.0 cm³/mol. The molecular formula is C19H18FN3O3. The second-order valence-corrected chi connectivity index (χ2v) is 5.82. The Morgan fingerprint density at radius 1 is 1.27 bits per heavy atom. The van der Waals surface area contributed by atoms with Crippen molar-refractivity contribution < 1.29 is 13.9 Å². The van der Waals surface area contributed by atoms with E-state index in [4.69, 9.17) is 4.74 Å².